The van der Waals surface area contributed by atoms with Crippen LogP contribution >= 0.6 is 0 Å². The number of amides is 1. The standard InChI is InChI=1S/C17H21NO3/c19-16(9-11-3-1-2-4-11)18-15-8-7-12-5-6-13(17(20)21)10-14(12)15/h5-6,10-11,15H,1-4,7-9H2,(H,18,19)(H,20,21)/t15-/m1/s1. The summed E-state index contributed by atoms with van der Waals surface area (Å²) in [6.07, 6.45) is 7.21. The van der Waals surface area contributed by atoms with Crippen LogP contribution in [-0.4, -0.2) is 17.0 Å². The topological polar surface area (TPSA) is 66.4 Å². The predicted molar refractivity (Wildman–Crippen MR) is 79.2 cm³/mol. The molecule has 0 spiro atoms. The van der Waals surface area contributed by atoms with Crippen LogP contribution in [0.15, 0.2) is 18.2 Å². The van der Waals surface area contributed by atoms with Crippen LogP contribution in [0.3, 0.4) is 0 Å². The lowest BCUT2D eigenvalue weighted by Crippen LogP contribution is -2.28. The van der Waals surface area contributed by atoms with Gasteiger partial charge >= 0.3 is 5.97 Å². The zero-order valence-electron chi connectivity index (χ0n) is 12.1. The summed E-state index contributed by atoms with van der Waals surface area (Å²) in [6, 6.07) is 5.21. The molecule has 0 heterocycles. The molecule has 1 fully saturated rings. The third-order valence-corrected chi connectivity index (χ3v) is 4.75. The number of nitrogens with one attached hydrogen (secondary N) is 1. The number of hydrogen-bond donors (Lipinski definition) is 2. The van der Waals surface area contributed by atoms with Crippen molar-refractivity contribution in [3.05, 3.63) is 34.9 Å². The van der Waals surface area contributed by atoms with E-state index in [9.17, 15) is 9.59 Å². The van der Waals surface area contributed by atoms with E-state index >= 15 is 0 Å². The number of carboxylic acid groups (broad SMARTS) is 1. The molecule has 0 bridgehead atoms. The van der Waals surface area contributed by atoms with Crippen LogP contribution in [0.4, 0.5) is 0 Å². The zero-order chi connectivity index (χ0) is 14.8. The van der Waals surface area contributed by atoms with Gasteiger partial charge in [-0.15, -0.1) is 0 Å². The second kappa shape index (κ2) is 5.88. The maximum Gasteiger partial charge on any atom is 0.335 e. The molecule has 0 unspecified atom stereocenters. The normalized spacial score (nSPS) is 21.2. The molecule has 4 nitrogen and oxygen atoms in total. The molecule has 0 saturated heterocycles. The average molecular weight is 287 g/mol. The second-order valence-corrected chi connectivity index (χ2v) is 6.23. The van der Waals surface area contributed by atoms with Gasteiger partial charge < -0.3 is 10.4 Å². The van der Waals surface area contributed by atoms with Gasteiger partial charge in [0.25, 0.3) is 0 Å². The van der Waals surface area contributed by atoms with Crippen LogP contribution < -0.4 is 5.32 Å². The van der Waals surface area contributed by atoms with Gasteiger partial charge in [0.1, 0.15) is 0 Å². The number of benzene rings is 1. The van der Waals surface area contributed by atoms with Crippen molar-refractivity contribution >= 4 is 11.9 Å². The van der Waals surface area contributed by atoms with Crippen molar-refractivity contribution in [3.8, 4) is 0 Å². The lowest BCUT2D eigenvalue weighted by molar-refractivity contribution is -0.122. The number of aryl methyl sites for hydroxylation is 1. The number of rotatable bonds is 4. The first-order valence-electron chi connectivity index (χ1n) is 7.79. The quantitative estimate of drug-likeness (QED) is 0.894. The molecule has 0 radical (unpaired) electrons. The van der Waals surface area contributed by atoms with Gasteiger partial charge in [-0.2, -0.15) is 0 Å². The molecule has 0 aliphatic heterocycles. The van der Waals surface area contributed by atoms with Crippen molar-refractivity contribution in [2.45, 2.75) is 51.0 Å². The molecule has 1 saturated carbocycles. The van der Waals surface area contributed by atoms with Crippen LogP contribution in [0.1, 0.15) is 66.1 Å². The van der Waals surface area contributed by atoms with E-state index in [-0.39, 0.29) is 11.9 Å². The Bertz CT molecular complexity index is 561. The summed E-state index contributed by atoms with van der Waals surface area (Å²) in [5.74, 6) is -0.266. The number of carbonyl (C=O) groups excluding carboxylic acids is 1. The summed E-state index contributed by atoms with van der Waals surface area (Å²) in [4.78, 5) is 23.2. The number of fused-ring (bicyclic) bond motifs is 1. The molecule has 0 aromatic heterocycles. The van der Waals surface area contributed by atoms with E-state index in [1.807, 2.05) is 6.07 Å². The van der Waals surface area contributed by atoms with Gasteiger partial charge in [0, 0.05) is 6.42 Å². The molecule has 1 aromatic rings. The van der Waals surface area contributed by atoms with E-state index in [1.165, 1.54) is 12.8 Å². The minimum atomic E-state index is -0.916. The number of aromatic carboxylic acids is 1. The Labute approximate surface area is 124 Å². The Kier molecular flexibility index (Phi) is 3.95. The number of carbonyl (C=O) groups is 2. The average Bonchev–Trinajstić information content (AvgIpc) is 3.08. The van der Waals surface area contributed by atoms with Gasteiger partial charge in [-0.25, -0.2) is 4.79 Å². The lowest BCUT2D eigenvalue weighted by Gasteiger charge is -2.16. The molecule has 112 valence electrons. The van der Waals surface area contributed by atoms with Gasteiger partial charge in [-0.05, 0) is 54.9 Å². The summed E-state index contributed by atoms with van der Waals surface area (Å²) in [5, 5.41) is 12.2. The number of carboxylic acids is 1. The Hall–Kier alpha value is -1.84. The molecular formula is C17H21NO3. The summed E-state index contributed by atoms with van der Waals surface area (Å²) in [6.45, 7) is 0. The fourth-order valence-corrected chi connectivity index (χ4v) is 3.62. The first kappa shape index (κ1) is 14.1. The highest BCUT2D eigenvalue weighted by Crippen LogP contribution is 2.33. The predicted octanol–water partition coefficient (Wildman–Crippen LogP) is 3.07. The van der Waals surface area contributed by atoms with Crippen molar-refractivity contribution in [2.75, 3.05) is 0 Å². The summed E-state index contributed by atoms with van der Waals surface area (Å²) in [5.41, 5.74) is 2.44. The van der Waals surface area contributed by atoms with Gasteiger partial charge in [0.05, 0.1) is 11.6 Å². The Morgan fingerprint density at radius 1 is 1.19 bits per heavy atom. The Morgan fingerprint density at radius 3 is 2.67 bits per heavy atom. The Balaban J connectivity index is 1.67. The van der Waals surface area contributed by atoms with E-state index in [4.69, 9.17) is 5.11 Å². The van der Waals surface area contributed by atoms with Crippen molar-refractivity contribution in [3.63, 3.8) is 0 Å². The van der Waals surface area contributed by atoms with Gasteiger partial charge in [-0.1, -0.05) is 18.9 Å². The summed E-state index contributed by atoms with van der Waals surface area (Å²) >= 11 is 0. The lowest BCUT2D eigenvalue weighted by atomic mass is 10.0. The first-order chi connectivity index (χ1) is 10.1. The van der Waals surface area contributed by atoms with Gasteiger partial charge in [-0.3, -0.25) is 4.79 Å². The van der Waals surface area contributed by atoms with Crippen LogP contribution in [-0.2, 0) is 11.2 Å². The molecule has 1 aromatic carbocycles. The van der Waals surface area contributed by atoms with Crippen LogP contribution in [0, 0.1) is 5.92 Å². The molecule has 3 rings (SSSR count). The highest BCUT2D eigenvalue weighted by Gasteiger charge is 2.26. The minimum Gasteiger partial charge on any atom is -0.478 e. The third kappa shape index (κ3) is 3.09. The molecule has 2 aliphatic rings. The van der Waals surface area contributed by atoms with E-state index in [1.54, 1.807) is 12.1 Å². The maximum absolute atomic E-state index is 12.2. The third-order valence-electron chi connectivity index (χ3n) is 4.75. The fourth-order valence-electron chi connectivity index (χ4n) is 3.62. The molecule has 2 aliphatic carbocycles. The Morgan fingerprint density at radius 2 is 1.95 bits per heavy atom. The SMILES string of the molecule is O=C(CC1CCCC1)N[C@@H]1CCc2ccc(C(=O)O)cc21. The van der Waals surface area contributed by atoms with E-state index < -0.39 is 5.97 Å². The van der Waals surface area contributed by atoms with Crippen molar-refractivity contribution in [1.82, 2.24) is 5.32 Å². The minimum absolute atomic E-state index is 0.0202. The van der Waals surface area contributed by atoms with E-state index in [0.717, 1.165) is 36.8 Å². The van der Waals surface area contributed by atoms with E-state index in [2.05, 4.69) is 5.32 Å². The highest BCUT2D eigenvalue weighted by molar-refractivity contribution is 5.88. The smallest absolute Gasteiger partial charge is 0.335 e. The first-order valence-corrected chi connectivity index (χ1v) is 7.79. The van der Waals surface area contributed by atoms with Crippen molar-refractivity contribution < 1.29 is 14.7 Å². The van der Waals surface area contributed by atoms with Crippen LogP contribution in [0.5, 0.6) is 0 Å². The zero-order valence-corrected chi connectivity index (χ0v) is 12.1. The molecule has 21 heavy (non-hydrogen) atoms. The molecule has 1 atom stereocenters. The molecule has 4 heteroatoms. The van der Waals surface area contributed by atoms with Crippen molar-refractivity contribution in [1.29, 1.82) is 0 Å². The van der Waals surface area contributed by atoms with Crippen LogP contribution in [0.2, 0.25) is 0 Å². The fraction of sp³-hybridized carbons (Fsp3) is 0.529. The van der Waals surface area contributed by atoms with Crippen molar-refractivity contribution in [2.24, 2.45) is 5.92 Å². The van der Waals surface area contributed by atoms with E-state index in [0.29, 0.717) is 17.9 Å². The number of hydrogen-bond acceptors (Lipinski definition) is 2. The molecule has 1 amide bonds. The monoisotopic (exact) mass is 287 g/mol. The summed E-state index contributed by atoms with van der Waals surface area (Å²) < 4.78 is 0. The highest BCUT2D eigenvalue weighted by atomic mass is 16.4. The largest absolute Gasteiger partial charge is 0.478 e. The van der Waals surface area contributed by atoms with Gasteiger partial charge in [0.2, 0.25) is 5.91 Å². The second-order valence-electron chi connectivity index (χ2n) is 6.23. The maximum atomic E-state index is 12.2. The van der Waals surface area contributed by atoms with Crippen LogP contribution in [0.25, 0.3) is 0 Å². The van der Waals surface area contributed by atoms with Gasteiger partial charge in [0.15, 0.2) is 0 Å². The molecular weight excluding hydrogens is 266 g/mol. The molecule has 2 N–H and O–H groups in total. The summed E-state index contributed by atoms with van der Waals surface area (Å²) in [7, 11) is 0.